The Kier molecular flexibility index (Phi) is 4.72. The average Bonchev–Trinajstić information content (AvgIpc) is 2.56. The monoisotopic (exact) mass is 323 g/mol. The molecule has 0 fully saturated rings. The summed E-state index contributed by atoms with van der Waals surface area (Å²) in [7, 11) is 4.02. The van der Waals surface area contributed by atoms with Gasteiger partial charge < -0.3 is 4.90 Å². The van der Waals surface area contributed by atoms with Crippen molar-refractivity contribution in [1.82, 2.24) is 4.90 Å². The Morgan fingerprint density at radius 1 is 0.667 bits per heavy atom. The van der Waals surface area contributed by atoms with Crippen molar-refractivity contribution < 1.29 is 8.78 Å². The summed E-state index contributed by atoms with van der Waals surface area (Å²) in [6, 6.07) is 19.1. The van der Waals surface area contributed by atoms with Crippen molar-refractivity contribution in [3.05, 3.63) is 83.9 Å². The summed E-state index contributed by atoms with van der Waals surface area (Å²) in [6.45, 7) is 0.736. The first-order valence-electron chi connectivity index (χ1n) is 7.83. The van der Waals surface area contributed by atoms with Gasteiger partial charge in [0.05, 0.1) is 0 Å². The van der Waals surface area contributed by atoms with Gasteiger partial charge in [0.25, 0.3) is 0 Å². The Hall–Kier alpha value is -2.52. The molecule has 0 atom stereocenters. The number of hydrogen-bond acceptors (Lipinski definition) is 1. The Morgan fingerprint density at radius 2 is 1.08 bits per heavy atom. The highest BCUT2D eigenvalue weighted by atomic mass is 19.1. The predicted octanol–water partition coefficient (Wildman–Crippen LogP) is 5.36. The summed E-state index contributed by atoms with van der Waals surface area (Å²) in [5.74, 6) is -0.495. The molecule has 0 aromatic heterocycles. The fourth-order valence-corrected chi connectivity index (χ4v) is 2.87. The second-order valence-electron chi connectivity index (χ2n) is 6.08. The van der Waals surface area contributed by atoms with E-state index < -0.39 is 0 Å². The van der Waals surface area contributed by atoms with Gasteiger partial charge in [0.1, 0.15) is 11.6 Å². The molecule has 0 saturated heterocycles. The third-order valence-electron chi connectivity index (χ3n) is 3.96. The lowest BCUT2D eigenvalue weighted by Gasteiger charge is -2.19. The van der Waals surface area contributed by atoms with Crippen LogP contribution < -0.4 is 0 Å². The van der Waals surface area contributed by atoms with Gasteiger partial charge in [-0.3, -0.25) is 0 Å². The van der Waals surface area contributed by atoms with Crippen LogP contribution in [0.25, 0.3) is 22.3 Å². The van der Waals surface area contributed by atoms with E-state index in [4.69, 9.17) is 0 Å². The molecule has 0 bridgehead atoms. The van der Waals surface area contributed by atoms with Crippen molar-refractivity contribution in [3.8, 4) is 22.3 Å². The van der Waals surface area contributed by atoms with Gasteiger partial charge in [-0.2, -0.15) is 0 Å². The Bertz CT molecular complexity index is 758. The molecule has 3 aromatic carbocycles. The van der Waals surface area contributed by atoms with Gasteiger partial charge in [0.2, 0.25) is 0 Å². The van der Waals surface area contributed by atoms with Gasteiger partial charge in [-0.15, -0.1) is 0 Å². The number of benzene rings is 3. The summed E-state index contributed by atoms with van der Waals surface area (Å²) >= 11 is 0. The van der Waals surface area contributed by atoms with Crippen LogP contribution in [0.1, 0.15) is 5.56 Å². The largest absolute Gasteiger partial charge is 0.305 e. The average molecular weight is 323 g/mol. The maximum Gasteiger partial charge on any atom is 0.123 e. The zero-order valence-electron chi connectivity index (χ0n) is 13.8. The van der Waals surface area contributed by atoms with Crippen LogP contribution in [-0.2, 0) is 6.54 Å². The number of halogens is 2. The summed E-state index contributed by atoms with van der Waals surface area (Å²) in [6.07, 6.45) is 0. The first-order valence-corrected chi connectivity index (χ1v) is 7.83. The third-order valence-corrected chi connectivity index (χ3v) is 3.96. The quantitative estimate of drug-likeness (QED) is 0.625. The van der Waals surface area contributed by atoms with Crippen LogP contribution in [0.5, 0.6) is 0 Å². The molecule has 122 valence electrons. The van der Waals surface area contributed by atoms with E-state index in [1.165, 1.54) is 24.3 Å². The fraction of sp³-hybridized carbons (Fsp3) is 0.143. The van der Waals surface area contributed by atoms with Crippen molar-refractivity contribution in [2.75, 3.05) is 14.1 Å². The molecule has 0 aliphatic rings. The maximum atomic E-state index is 13.3. The van der Waals surface area contributed by atoms with Crippen LogP contribution in [0.15, 0.2) is 66.7 Å². The summed E-state index contributed by atoms with van der Waals surface area (Å²) < 4.78 is 26.5. The standard InChI is InChI=1S/C21H19F2N/c1-24(2)14-21-19(15-6-10-17(22)11-7-15)4-3-5-20(21)16-8-12-18(23)13-9-16/h3-13H,14H2,1-2H3. The van der Waals surface area contributed by atoms with Gasteiger partial charge in [0, 0.05) is 6.54 Å². The Morgan fingerprint density at radius 3 is 1.46 bits per heavy atom. The van der Waals surface area contributed by atoms with E-state index in [1.54, 1.807) is 24.3 Å². The molecule has 0 amide bonds. The number of rotatable bonds is 4. The van der Waals surface area contributed by atoms with E-state index in [9.17, 15) is 8.78 Å². The first kappa shape index (κ1) is 16.3. The molecule has 0 heterocycles. The molecule has 3 heteroatoms. The van der Waals surface area contributed by atoms with Gasteiger partial charge >= 0.3 is 0 Å². The second-order valence-corrected chi connectivity index (χ2v) is 6.08. The van der Waals surface area contributed by atoms with Crippen LogP contribution in [0.4, 0.5) is 8.78 Å². The summed E-state index contributed by atoms with van der Waals surface area (Å²) in [5.41, 5.74) is 5.20. The molecule has 0 saturated carbocycles. The minimum atomic E-state index is -0.248. The van der Waals surface area contributed by atoms with Gasteiger partial charge in [-0.05, 0) is 66.2 Å². The SMILES string of the molecule is CN(C)Cc1c(-c2ccc(F)cc2)cccc1-c1ccc(F)cc1. The lowest BCUT2D eigenvalue weighted by molar-refractivity contribution is 0.403. The van der Waals surface area contributed by atoms with Crippen molar-refractivity contribution in [3.63, 3.8) is 0 Å². The summed E-state index contributed by atoms with van der Waals surface area (Å²) in [4.78, 5) is 2.09. The molecular weight excluding hydrogens is 304 g/mol. The van der Waals surface area contributed by atoms with Crippen LogP contribution >= 0.6 is 0 Å². The molecule has 0 N–H and O–H groups in total. The topological polar surface area (TPSA) is 3.24 Å². The van der Waals surface area contributed by atoms with Crippen molar-refractivity contribution in [2.24, 2.45) is 0 Å². The highest BCUT2D eigenvalue weighted by Crippen LogP contribution is 2.33. The molecule has 3 rings (SSSR count). The van der Waals surface area contributed by atoms with Gasteiger partial charge in [0.15, 0.2) is 0 Å². The molecule has 0 aliphatic heterocycles. The molecule has 24 heavy (non-hydrogen) atoms. The number of nitrogens with zero attached hydrogens (tertiary/aromatic N) is 1. The predicted molar refractivity (Wildman–Crippen MR) is 94.6 cm³/mol. The Labute approximate surface area is 141 Å². The lowest BCUT2D eigenvalue weighted by atomic mass is 9.91. The Balaban J connectivity index is 2.17. The van der Waals surface area contributed by atoms with E-state index in [2.05, 4.69) is 4.90 Å². The molecule has 1 nitrogen and oxygen atoms in total. The van der Waals surface area contributed by atoms with Crippen LogP contribution in [0.3, 0.4) is 0 Å². The van der Waals surface area contributed by atoms with Crippen LogP contribution in [0.2, 0.25) is 0 Å². The van der Waals surface area contributed by atoms with Gasteiger partial charge in [-0.25, -0.2) is 8.78 Å². The van der Waals surface area contributed by atoms with E-state index in [0.717, 1.165) is 34.4 Å². The third kappa shape index (κ3) is 3.52. The highest BCUT2D eigenvalue weighted by molar-refractivity contribution is 5.78. The van der Waals surface area contributed by atoms with Crippen LogP contribution in [0, 0.1) is 11.6 Å². The second kappa shape index (κ2) is 6.93. The smallest absolute Gasteiger partial charge is 0.123 e. The lowest BCUT2D eigenvalue weighted by Crippen LogP contribution is -2.12. The zero-order chi connectivity index (χ0) is 17.1. The first-order chi connectivity index (χ1) is 11.5. The zero-order valence-corrected chi connectivity index (χ0v) is 13.8. The molecule has 0 unspecified atom stereocenters. The molecule has 3 aromatic rings. The van der Waals surface area contributed by atoms with Crippen molar-refractivity contribution in [1.29, 1.82) is 0 Å². The highest BCUT2D eigenvalue weighted by Gasteiger charge is 2.13. The van der Waals surface area contributed by atoms with E-state index >= 15 is 0 Å². The van der Waals surface area contributed by atoms with Gasteiger partial charge in [-0.1, -0.05) is 42.5 Å². The normalized spacial score (nSPS) is 11.0. The molecular formula is C21H19F2N. The summed E-state index contributed by atoms with van der Waals surface area (Å²) in [5, 5.41) is 0. The molecule has 0 aliphatic carbocycles. The minimum absolute atomic E-state index is 0.248. The van der Waals surface area contributed by atoms with Crippen molar-refractivity contribution in [2.45, 2.75) is 6.54 Å². The fourth-order valence-electron chi connectivity index (χ4n) is 2.87. The maximum absolute atomic E-state index is 13.3. The van der Waals surface area contributed by atoms with Crippen molar-refractivity contribution >= 4 is 0 Å². The minimum Gasteiger partial charge on any atom is -0.305 e. The van der Waals surface area contributed by atoms with Crippen LogP contribution in [-0.4, -0.2) is 19.0 Å². The number of hydrogen-bond donors (Lipinski definition) is 0. The van der Waals surface area contributed by atoms with E-state index in [0.29, 0.717) is 0 Å². The molecule has 0 radical (unpaired) electrons. The van der Waals surface area contributed by atoms with E-state index in [-0.39, 0.29) is 11.6 Å². The molecule has 0 spiro atoms. The van der Waals surface area contributed by atoms with E-state index in [1.807, 2.05) is 32.3 Å².